The van der Waals surface area contributed by atoms with Gasteiger partial charge in [0.05, 0.1) is 23.1 Å². The van der Waals surface area contributed by atoms with Gasteiger partial charge in [-0.2, -0.15) is 0 Å². The summed E-state index contributed by atoms with van der Waals surface area (Å²) in [5.41, 5.74) is 0.222. The van der Waals surface area contributed by atoms with Crippen LogP contribution in [0.5, 0.6) is 0 Å². The Hall–Kier alpha value is -1.32. The van der Waals surface area contributed by atoms with Crippen molar-refractivity contribution in [3.63, 3.8) is 0 Å². The molecule has 10 heteroatoms. The van der Waals surface area contributed by atoms with Crippen molar-refractivity contribution < 1.29 is 18.9 Å². The first-order valence-electron chi connectivity index (χ1n) is 9.33. The summed E-state index contributed by atoms with van der Waals surface area (Å²) in [6.07, 6.45) is 0.692. The van der Waals surface area contributed by atoms with Crippen LogP contribution >= 0.6 is 23.2 Å². The Bertz CT molecular complexity index is 670. The molecule has 0 aromatic heterocycles. The molecular formula is C18H26BCl2N3O4. The van der Waals surface area contributed by atoms with E-state index in [-0.39, 0.29) is 29.0 Å². The van der Waals surface area contributed by atoms with Crippen LogP contribution in [0.25, 0.3) is 0 Å². The van der Waals surface area contributed by atoms with Gasteiger partial charge in [0, 0.05) is 31.3 Å². The van der Waals surface area contributed by atoms with E-state index in [1.54, 1.807) is 6.07 Å². The zero-order valence-corrected chi connectivity index (χ0v) is 17.6. The molecule has 154 valence electrons. The lowest BCUT2D eigenvalue weighted by Gasteiger charge is -2.27. The first-order valence-corrected chi connectivity index (χ1v) is 10.1. The zero-order chi connectivity index (χ0) is 20.5. The lowest BCUT2D eigenvalue weighted by Crippen LogP contribution is -2.53. The number of benzene rings is 1. The van der Waals surface area contributed by atoms with E-state index >= 15 is 0 Å². The molecule has 1 aliphatic heterocycles. The highest BCUT2D eigenvalue weighted by atomic mass is 35.5. The second kappa shape index (κ2) is 11.6. The Labute approximate surface area is 176 Å². The standard InChI is InChI=1S/C18H26BCl2N3O4/c1-12(2)9-16(19-27-7-5-22-6-8-28-19)24-17(25)11-23-18(26)14-10-13(20)3-4-15(14)21/h3-4,10,12,16,22H,5-9,11H2,1-2H3,(H,23,26)(H,24,25). The molecule has 1 aromatic rings. The SMILES string of the molecule is CC(C)CC(NC(=O)CNC(=O)c1cc(Cl)ccc1Cl)B1OCCNCCO1. The van der Waals surface area contributed by atoms with Gasteiger partial charge in [-0.15, -0.1) is 0 Å². The predicted octanol–water partition coefficient (Wildman–Crippen LogP) is 1.92. The van der Waals surface area contributed by atoms with E-state index in [0.29, 0.717) is 30.6 Å². The first-order chi connectivity index (χ1) is 13.4. The van der Waals surface area contributed by atoms with Crippen LogP contribution in [0.4, 0.5) is 0 Å². The molecule has 1 saturated heterocycles. The minimum Gasteiger partial charge on any atom is -0.408 e. The summed E-state index contributed by atoms with van der Waals surface area (Å²) in [5.74, 6) is -0.768. The van der Waals surface area contributed by atoms with Crippen molar-refractivity contribution in [1.82, 2.24) is 16.0 Å². The molecule has 2 rings (SSSR count). The summed E-state index contributed by atoms with van der Waals surface area (Å²) in [5, 5.41) is 9.32. The fourth-order valence-corrected chi connectivity index (χ4v) is 3.21. The van der Waals surface area contributed by atoms with E-state index in [1.165, 1.54) is 12.1 Å². The van der Waals surface area contributed by atoms with E-state index in [9.17, 15) is 9.59 Å². The number of halogens is 2. The number of hydrogen-bond acceptors (Lipinski definition) is 5. The van der Waals surface area contributed by atoms with Gasteiger partial charge in [-0.05, 0) is 30.5 Å². The maximum absolute atomic E-state index is 12.4. The third-order valence-electron chi connectivity index (χ3n) is 4.10. The summed E-state index contributed by atoms with van der Waals surface area (Å²) in [4.78, 5) is 24.7. The van der Waals surface area contributed by atoms with Crippen LogP contribution in [0.1, 0.15) is 30.6 Å². The monoisotopic (exact) mass is 429 g/mol. The van der Waals surface area contributed by atoms with Crippen LogP contribution in [0.2, 0.25) is 10.0 Å². The molecule has 1 unspecified atom stereocenters. The second-order valence-electron chi connectivity index (χ2n) is 6.97. The first kappa shape index (κ1) is 23.0. The zero-order valence-electron chi connectivity index (χ0n) is 16.1. The van der Waals surface area contributed by atoms with Gasteiger partial charge in [0.1, 0.15) is 0 Å². The fourth-order valence-electron chi connectivity index (χ4n) is 2.83. The molecule has 1 aliphatic rings. The average molecular weight is 430 g/mol. The Morgan fingerprint density at radius 3 is 2.54 bits per heavy atom. The fraction of sp³-hybridized carbons (Fsp3) is 0.556. The third kappa shape index (κ3) is 7.60. The number of carbonyl (C=O) groups excluding carboxylic acids is 2. The molecule has 1 heterocycles. The highest BCUT2D eigenvalue weighted by Gasteiger charge is 2.33. The van der Waals surface area contributed by atoms with Gasteiger partial charge in [0.15, 0.2) is 0 Å². The quantitative estimate of drug-likeness (QED) is 0.576. The summed E-state index contributed by atoms with van der Waals surface area (Å²) < 4.78 is 11.5. The normalized spacial score (nSPS) is 16.2. The van der Waals surface area contributed by atoms with Gasteiger partial charge in [-0.3, -0.25) is 9.59 Å². The Kier molecular flexibility index (Phi) is 9.54. The van der Waals surface area contributed by atoms with Gasteiger partial charge in [0.25, 0.3) is 5.91 Å². The van der Waals surface area contributed by atoms with Crippen LogP contribution < -0.4 is 16.0 Å². The average Bonchev–Trinajstić information content (AvgIpc) is 2.60. The predicted molar refractivity (Wildman–Crippen MR) is 111 cm³/mol. The van der Waals surface area contributed by atoms with Gasteiger partial charge < -0.3 is 25.3 Å². The molecule has 1 fully saturated rings. The van der Waals surface area contributed by atoms with Crippen LogP contribution in [-0.4, -0.2) is 57.7 Å². The van der Waals surface area contributed by atoms with Crippen LogP contribution in [0.3, 0.4) is 0 Å². The largest absolute Gasteiger partial charge is 0.480 e. The lowest BCUT2D eigenvalue weighted by atomic mass is 9.73. The van der Waals surface area contributed by atoms with Gasteiger partial charge in [-0.1, -0.05) is 37.0 Å². The van der Waals surface area contributed by atoms with E-state index in [0.717, 1.165) is 13.1 Å². The van der Waals surface area contributed by atoms with Crippen LogP contribution in [0, 0.1) is 5.92 Å². The summed E-state index contributed by atoms with van der Waals surface area (Å²) in [6.45, 7) is 6.40. The smallest absolute Gasteiger partial charge is 0.408 e. The van der Waals surface area contributed by atoms with Crippen molar-refractivity contribution in [2.45, 2.75) is 26.2 Å². The summed E-state index contributed by atoms with van der Waals surface area (Å²) >= 11 is 11.9. The minimum absolute atomic E-state index is 0.190. The van der Waals surface area contributed by atoms with Crippen molar-refractivity contribution in [1.29, 1.82) is 0 Å². The molecule has 0 aliphatic carbocycles. The van der Waals surface area contributed by atoms with Crippen molar-refractivity contribution in [2.75, 3.05) is 32.8 Å². The third-order valence-corrected chi connectivity index (χ3v) is 4.67. The van der Waals surface area contributed by atoms with Gasteiger partial charge in [-0.25, -0.2) is 0 Å². The Morgan fingerprint density at radius 2 is 1.89 bits per heavy atom. The van der Waals surface area contributed by atoms with Crippen molar-refractivity contribution in [3.05, 3.63) is 33.8 Å². The molecular weight excluding hydrogens is 404 g/mol. The molecule has 1 aromatic carbocycles. The molecule has 2 amide bonds. The molecule has 1 atom stereocenters. The summed E-state index contributed by atoms with van der Waals surface area (Å²) in [6, 6.07) is 4.59. The second-order valence-corrected chi connectivity index (χ2v) is 7.81. The number of hydrogen-bond donors (Lipinski definition) is 3. The number of carbonyl (C=O) groups is 2. The number of nitrogens with one attached hydrogen (secondary N) is 3. The number of rotatable bonds is 7. The number of amides is 2. The van der Waals surface area contributed by atoms with E-state index < -0.39 is 13.0 Å². The molecule has 0 saturated carbocycles. The highest BCUT2D eigenvalue weighted by Crippen LogP contribution is 2.20. The highest BCUT2D eigenvalue weighted by molar-refractivity contribution is 6.47. The molecule has 3 N–H and O–H groups in total. The van der Waals surface area contributed by atoms with Crippen LogP contribution in [-0.2, 0) is 14.1 Å². The Balaban J connectivity index is 1.93. The summed E-state index contributed by atoms with van der Waals surface area (Å²) in [7, 11) is -0.522. The maximum atomic E-state index is 12.4. The topological polar surface area (TPSA) is 88.7 Å². The molecule has 28 heavy (non-hydrogen) atoms. The van der Waals surface area contributed by atoms with E-state index in [4.69, 9.17) is 32.5 Å². The van der Waals surface area contributed by atoms with Gasteiger partial charge in [0.2, 0.25) is 5.91 Å². The van der Waals surface area contributed by atoms with Crippen molar-refractivity contribution >= 4 is 42.1 Å². The molecule has 0 radical (unpaired) electrons. The lowest BCUT2D eigenvalue weighted by molar-refractivity contribution is -0.120. The van der Waals surface area contributed by atoms with Gasteiger partial charge >= 0.3 is 7.12 Å². The van der Waals surface area contributed by atoms with Crippen LogP contribution in [0.15, 0.2) is 18.2 Å². The van der Waals surface area contributed by atoms with Crippen molar-refractivity contribution in [3.8, 4) is 0 Å². The van der Waals surface area contributed by atoms with E-state index in [1.807, 2.05) is 0 Å². The van der Waals surface area contributed by atoms with Crippen molar-refractivity contribution in [2.24, 2.45) is 5.92 Å². The Morgan fingerprint density at radius 1 is 1.21 bits per heavy atom. The minimum atomic E-state index is -0.522. The molecule has 7 nitrogen and oxygen atoms in total. The maximum Gasteiger partial charge on any atom is 0.480 e. The molecule has 0 bridgehead atoms. The molecule has 0 spiro atoms. The van der Waals surface area contributed by atoms with E-state index in [2.05, 4.69) is 29.8 Å².